The molecule has 0 aromatic heterocycles. The summed E-state index contributed by atoms with van der Waals surface area (Å²) in [7, 11) is 0. The van der Waals surface area contributed by atoms with E-state index in [9.17, 15) is 4.39 Å². The minimum absolute atomic E-state index is 0.176. The molecule has 0 radical (unpaired) electrons. The van der Waals surface area contributed by atoms with Crippen LogP contribution in [0.1, 0.15) is 25.3 Å². The smallest absolute Gasteiger partial charge is 0.137 e. The molecule has 1 atom stereocenters. The molecule has 1 unspecified atom stereocenters. The Labute approximate surface area is 117 Å². The molecule has 4 heteroatoms. The van der Waals surface area contributed by atoms with E-state index in [0.717, 1.165) is 31.7 Å². The third-order valence-corrected chi connectivity index (χ3v) is 4.49. The second-order valence-electron chi connectivity index (χ2n) is 4.78. The van der Waals surface area contributed by atoms with Crippen LogP contribution in [-0.2, 0) is 6.54 Å². The van der Waals surface area contributed by atoms with Crippen LogP contribution in [0.15, 0.2) is 22.7 Å². The summed E-state index contributed by atoms with van der Waals surface area (Å²) < 4.78 is 14.1. The van der Waals surface area contributed by atoms with Crippen molar-refractivity contribution in [3.05, 3.63) is 34.1 Å². The lowest BCUT2D eigenvalue weighted by Crippen LogP contribution is -2.45. The van der Waals surface area contributed by atoms with Crippen molar-refractivity contribution in [2.75, 3.05) is 19.6 Å². The van der Waals surface area contributed by atoms with Crippen molar-refractivity contribution in [2.45, 2.75) is 32.4 Å². The molecule has 1 aromatic carbocycles. The molecule has 18 heavy (non-hydrogen) atoms. The Morgan fingerprint density at radius 3 is 3.00 bits per heavy atom. The summed E-state index contributed by atoms with van der Waals surface area (Å²) in [5.74, 6) is -0.176. The Morgan fingerprint density at radius 2 is 2.33 bits per heavy atom. The van der Waals surface area contributed by atoms with Gasteiger partial charge >= 0.3 is 0 Å². The number of likely N-dealkylation sites (N-methyl/N-ethyl adjacent to an activating group) is 1. The maximum absolute atomic E-state index is 13.5. The zero-order valence-electron chi connectivity index (χ0n) is 10.8. The second kappa shape index (κ2) is 6.64. The van der Waals surface area contributed by atoms with Crippen molar-refractivity contribution in [3.63, 3.8) is 0 Å². The Balaban J connectivity index is 2.07. The van der Waals surface area contributed by atoms with E-state index in [-0.39, 0.29) is 5.82 Å². The minimum atomic E-state index is -0.176. The maximum atomic E-state index is 13.5. The summed E-state index contributed by atoms with van der Waals surface area (Å²) in [5, 5.41) is 3.43. The maximum Gasteiger partial charge on any atom is 0.137 e. The van der Waals surface area contributed by atoms with E-state index in [1.807, 2.05) is 6.07 Å². The first-order valence-electron chi connectivity index (χ1n) is 6.60. The van der Waals surface area contributed by atoms with Gasteiger partial charge in [0.1, 0.15) is 5.82 Å². The third kappa shape index (κ3) is 3.31. The molecule has 0 amide bonds. The summed E-state index contributed by atoms with van der Waals surface area (Å²) >= 11 is 3.34. The number of piperidine rings is 1. The van der Waals surface area contributed by atoms with E-state index in [4.69, 9.17) is 0 Å². The fraction of sp³-hybridized carbons (Fsp3) is 0.571. The quantitative estimate of drug-likeness (QED) is 0.918. The van der Waals surface area contributed by atoms with Crippen LogP contribution in [0.4, 0.5) is 4.39 Å². The fourth-order valence-electron chi connectivity index (χ4n) is 2.53. The molecule has 0 aliphatic carbocycles. The molecule has 1 heterocycles. The van der Waals surface area contributed by atoms with Crippen LogP contribution in [0.3, 0.4) is 0 Å². The first kappa shape index (κ1) is 14.0. The van der Waals surface area contributed by atoms with Crippen LogP contribution < -0.4 is 5.32 Å². The van der Waals surface area contributed by atoms with Crippen LogP contribution in [0, 0.1) is 5.82 Å². The SMILES string of the molecule is CCN(Cc1cccc(F)c1Br)C1CCCNC1. The van der Waals surface area contributed by atoms with Crippen LogP contribution in [-0.4, -0.2) is 30.6 Å². The van der Waals surface area contributed by atoms with Crippen molar-refractivity contribution in [3.8, 4) is 0 Å². The summed E-state index contributed by atoms with van der Waals surface area (Å²) in [6, 6.07) is 5.83. The number of nitrogens with one attached hydrogen (secondary N) is 1. The Bertz CT molecular complexity index is 391. The van der Waals surface area contributed by atoms with E-state index in [2.05, 4.69) is 33.1 Å². The van der Waals surface area contributed by atoms with Gasteiger partial charge in [-0.05, 0) is 53.5 Å². The van der Waals surface area contributed by atoms with Gasteiger partial charge < -0.3 is 5.32 Å². The van der Waals surface area contributed by atoms with Gasteiger partial charge in [0.15, 0.2) is 0 Å². The highest BCUT2D eigenvalue weighted by molar-refractivity contribution is 9.10. The van der Waals surface area contributed by atoms with Crippen molar-refractivity contribution in [1.82, 2.24) is 10.2 Å². The number of rotatable bonds is 4. The lowest BCUT2D eigenvalue weighted by Gasteiger charge is -2.34. The molecule has 2 nitrogen and oxygen atoms in total. The molecular formula is C14H20BrFN2. The van der Waals surface area contributed by atoms with Gasteiger partial charge in [0, 0.05) is 19.1 Å². The largest absolute Gasteiger partial charge is 0.315 e. The van der Waals surface area contributed by atoms with Crippen molar-refractivity contribution >= 4 is 15.9 Å². The van der Waals surface area contributed by atoms with Gasteiger partial charge in [0.25, 0.3) is 0 Å². The number of hydrogen-bond donors (Lipinski definition) is 1. The highest BCUT2D eigenvalue weighted by Crippen LogP contribution is 2.23. The predicted molar refractivity (Wildman–Crippen MR) is 76.1 cm³/mol. The van der Waals surface area contributed by atoms with Gasteiger partial charge in [-0.2, -0.15) is 0 Å². The molecule has 0 bridgehead atoms. The Hall–Kier alpha value is -0.450. The van der Waals surface area contributed by atoms with E-state index in [1.165, 1.54) is 18.9 Å². The number of benzene rings is 1. The van der Waals surface area contributed by atoms with E-state index in [1.54, 1.807) is 6.07 Å². The average molecular weight is 315 g/mol. The third-order valence-electron chi connectivity index (χ3n) is 3.60. The monoisotopic (exact) mass is 314 g/mol. The topological polar surface area (TPSA) is 15.3 Å². The van der Waals surface area contributed by atoms with Gasteiger partial charge in [-0.3, -0.25) is 4.90 Å². The van der Waals surface area contributed by atoms with Crippen molar-refractivity contribution in [1.29, 1.82) is 0 Å². The molecule has 0 spiro atoms. The molecule has 1 fully saturated rings. The zero-order valence-corrected chi connectivity index (χ0v) is 12.3. The predicted octanol–water partition coefficient (Wildman–Crippen LogP) is 3.16. The average Bonchev–Trinajstić information content (AvgIpc) is 2.41. The summed E-state index contributed by atoms with van der Waals surface area (Å²) in [6.07, 6.45) is 2.46. The van der Waals surface area contributed by atoms with Crippen molar-refractivity contribution < 1.29 is 4.39 Å². The highest BCUT2D eigenvalue weighted by atomic mass is 79.9. The van der Waals surface area contributed by atoms with Crippen LogP contribution >= 0.6 is 15.9 Å². The van der Waals surface area contributed by atoms with Gasteiger partial charge in [-0.25, -0.2) is 4.39 Å². The van der Waals surface area contributed by atoms with Crippen LogP contribution in [0.5, 0.6) is 0 Å². The second-order valence-corrected chi connectivity index (χ2v) is 5.57. The van der Waals surface area contributed by atoms with Gasteiger partial charge in [0.05, 0.1) is 4.47 Å². The first-order valence-corrected chi connectivity index (χ1v) is 7.39. The molecule has 1 aliphatic heterocycles. The van der Waals surface area contributed by atoms with Gasteiger partial charge in [-0.15, -0.1) is 0 Å². The summed E-state index contributed by atoms with van der Waals surface area (Å²) in [4.78, 5) is 2.42. The highest BCUT2D eigenvalue weighted by Gasteiger charge is 2.20. The van der Waals surface area contributed by atoms with Gasteiger partial charge in [-0.1, -0.05) is 19.1 Å². The fourth-order valence-corrected chi connectivity index (χ4v) is 2.92. The molecule has 100 valence electrons. The Morgan fingerprint density at radius 1 is 1.50 bits per heavy atom. The molecule has 1 aromatic rings. The molecule has 1 aliphatic rings. The van der Waals surface area contributed by atoms with Crippen molar-refractivity contribution in [2.24, 2.45) is 0 Å². The molecule has 2 rings (SSSR count). The molecular weight excluding hydrogens is 295 g/mol. The normalized spacial score (nSPS) is 20.3. The lowest BCUT2D eigenvalue weighted by atomic mass is 10.0. The molecule has 1 saturated heterocycles. The van der Waals surface area contributed by atoms with E-state index in [0.29, 0.717) is 10.5 Å². The number of halogens is 2. The molecule has 0 saturated carbocycles. The zero-order chi connectivity index (χ0) is 13.0. The Kier molecular flexibility index (Phi) is 5.15. The van der Waals surface area contributed by atoms with Gasteiger partial charge in [0.2, 0.25) is 0 Å². The lowest BCUT2D eigenvalue weighted by molar-refractivity contribution is 0.165. The minimum Gasteiger partial charge on any atom is -0.315 e. The number of hydrogen-bond acceptors (Lipinski definition) is 2. The van der Waals surface area contributed by atoms with Crippen LogP contribution in [0.2, 0.25) is 0 Å². The van der Waals surface area contributed by atoms with Crippen LogP contribution in [0.25, 0.3) is 0 Å². The standard InChI is InChI=1S/C14H20BrFN2/c1-2-18(12-6-4-8-17-9-12)10-11-5-3-7-13(16)14(11)15/h3,5,7,12,17H,2,4,6,8-10H2,1H3. The summed E-state index contributed by atoms with van der Waals surface area (Å²) in [5.41, 5.74) is 1.03. The van der Waals surface area contributed by atoms with E-state index >= 15 is 0 Å². The summed E-state index contributed by atoms with van der Waals surface area (Å²) in [6.45, 7) is 6.14. The van der Waals surface area contributed by atoms with E-state index < -0.39 is 0 Å². The first-order chi connectivity index (χ1) is 8.72. The number of nitrogens with zero attached hydrogens (tertiary/aromatic N) is 1. The molecule has 1 N–H and O–H groups in total.